The molecule has 6 heteroatoms. The SMILES string of the molecule is CNC1COCC1C(=O)NCc1ccnc(C)n1. The highest BCUT2D eigenvalue weighted by atomic mass is 16.5. The van der Waals surface area contributed by atoms with Gasteiger partial charge in [-0.3, -0.25) is 4.79 Å². The standard InChI is InChI=1S/C12H18N4O2/c1-8-14-4-3-9(16-8)5-15-12(17)10-6-18-7-11(10)13-2/h3-4,10-11,13H,5-7H2,1-2H3,(H,15,17). The van der Waals surface area contributed by atoms with E-state index in [-0.39, 0.29) is 17.9 Å². The lowest BCUT2D eigenvalue weighted by Gasteiger charge is -2.16. The van der Waals surface area contributed by atoms with Crippen molar-refractivity contribution in [3.8, 4) is 0 Å². The van der Waals surface area contributed by atoms with Crippen molar-refractivity contribution in [2.75, 3.05) is 20.3 Å². The minimum atomic E-state index is -0.127. The van der Waals surface area contributed by atoms with Gasteiger partial charge in [-0.2, -0.15) is 0 Å². The first kappa shape index (κ1) is 12.9. The molecule has 0 spiro atoms. The number of aryl methyl sites for hydroxylation is 1. The lowest BCUT2D eigenvalue weighted by atomic mass is 10.0. The Morgan fingerprint density at radius 2 is 2.39 bits per heavy atom. The zero-order chi connectivity index (χ0) is 13.0. The molecule has 2 atom stereocenters. The Morgan fingerprint density at radius 1 is 1.56 bits per heavy atom. The quantitative estimate of drug-likeness (QED) is 0.763. The zero-order valence-corrected chi connectivity index (χ0v) is 10.6. The average molecular weight is 250 g/mol. The normalized spacial score (nSPS) is 23.0. The summed E-state index contributed by atoms with van der Waals surface area (Å²) in [4.78, 5) is 20.3. The number of hydrogen-bond acceptors (Lipinski definition) is 5. The maximum Gasteiger partial charge on any atom is 0.227 e. The number of carbonyl (C=O) groups excluding carboxylic acids is 1. The van der Waals surface area contributed by atoms with Gasteiger partial charge in [-0.05, 0) is 20.0 Å². The molecule has 2 unspecified atom stereocenters. The first-order valence-electron chi connectivity index (χ1n) is 6.02. The van der Waals surface area contributed by atoms with E-state index in [1.165, 1.54) is 0 Å². The molecule has 1 aromatic heterocycles. The van der Waals surface area contributed by atoms with Crippen molar-refractivity contribution in [2.24, 2.45) is 5.92 Å². The van der Waals surface area contributed by atoms with E-state index in [9.17, 15) is 4.79 Å². The maximum atomic E-state index is 12.0. The second-order valence-corrected chi connectivity index (χ2v) is 4.35. The predicted molar refractivity (Wildman–Crippen MR) is 65.8 cm³/mol. The van der Waals surface area contributed by atoms with E-state index in [0.717, 1.165) is 5.69 Å². The third-order valence-electron chi connectivity index (χ3n) is 3.07. The highest BCUT2D eigenvalue weighted by Crippen LogP contribution is 2.13. The molecule has 1 aromatic rings. The first-order chi connectivity index (χ1) is 8.70. The predicted octanol–water partition coefficient (Wildman–Crippen LogP) is -0.364. The van der Waals surface area contributed by atoms with E-state index in [4.69, 9.17) is 4.74 Å². The molecule has 6 nitrogen and oxygen atoms in total. The molecule has 0 bridgehead atoms. The summed E-state index contributed by atoms with van der Waals surface area (Å²) < 4.78 is 5.30. The van der Waals surface area contributed by atoms with Crippen molar-refractivity contribution < 1.29 is 9.53 Å². The smallest absolute Gasteiger partial charge is 0.227 e. The summed E-state index contributed by atoms with van der Waals surface area (Å²) in [7, 11) is 1.84. The molecule has 0 aromatic carbocycles. The molecule has 1 aliphatic rings. The van der Waals surface area contributed by atoms with Crippen molar-refractivity contribution in [1.29, 1.82) is 0 Å². The van der Waals surface area contributed by atoms with Crippen LogP contribution in [0, 0.1) is 12.8 Å². The van der Waals surface area contributed by atoms with E-state index in [1.54, 1.807) is 12.3 Å². The summed E-state index contributed by atoms with van der Waals surface area (Å²) in [6, 6.07) is 1.89. The third kappa shape index (κ3) is 3.02. The third-order valence-corrected chi connectivity index (χ3v) is 3.07. The lowest BCUT2D eigenvalue weighted by Crippen LogP contribution is -2.42. The van der Waals surface area contributed by atoms with Gasteiger partial charge in [0.15, 0.2) is 0 Å². The van der Waals surface area contributed by atoms with Gasteiger partial charge in [-0.25, -0.2) is 9.97 Å². The van der Waals surface area contributed by atoms with Crippen LogP contribution in [0.1, 0.15) is 11.5 Å². The molecule has 0 radical (unpaired) electrons. The summed E-state index contributed by atoms with van der Waals surface area (Å²) >= 11 is 0. The topological polar surface area (TPSA) is 76.1 Å². The van der Waals surface area contributed by atoms with Gasteiger partial charge in [0.25, 0.3) is 0 Å². The van der Waals surface area contributed by atoms with E-state index in [2.05, 4.69) is 20.6 Å². The summed E-state index contributed by atoms with van der Waals surface area (Å²) in [5, 5.41) is 5.97. The van der Waals surface area contributed by atoms with Gasteiger partial charge in [-0.15, -0.1) is 0 Å². The Bertz CT molecular complexity index is 424. The Kier molecular flexibility index (Phi) is 4.22. The van der Waals surface area contributed by atoms with Crippen LogP contribution in [0.25, 0.3) is 0 Å². The second-order valence-electron chi connectivity index (χ2n) is 4.35. The number of hydrogen-bond donors (Lipinski definition) is 2. The van der Waals surface area contributed by atoms with E-state index < -0.39 is 0 Å². The second kappa shape index (κ2) is 5.88. The number of likely N-dealkylation sites (N-methyl/N-ethyl adjacent to an activating group) is 1. The number of nitrogens with one attached hydrogen (secondary N) is 2. The van der Waals surface area contributed by atoms with Crippen molar-refractivity contribution in [2.45, 2.75) is 19.5 Å². The first-order valence-corrected chi connectivity index (χ1v) is 6.02. The fourth-order valence-corrected chi connectivity index (χ4v) is 2.01. The van der Waals surface area contributed by atoms with E-state index in [0.29, 0.717) is 25.6 Å². The van der Waals surface area contributed by atoms with E-state index in [1.807, 2.05) is 14.0 Å². The minimum absolute atomic E-state index is 0.00288. The highest BCUT2D eigenvalue weighted by Gasteiger charge is 2.32. The summed E-state index contributed by atoms with van der Waals surface area (Å²) in [5.74, 6) is 0.583. The molecule has 0 aliphatic carbocycles. The van der Waals surface area contributed by atoms with Crippen LogP contribution < -0.4 is 10.6 Å². The van der Waals surface area contributed by atoms with Crippen molar-refractivity contribution >= 4 is 5.91 Å². The molecule has 1 saturated heterocycles. The van der Waals surface area contributed by atoms with Crippen LogP contribution in [0.5, 0.6) is 0 Å². The summed E-state index contributed by atoms with van der Waals surface area (Å²) in [6.45, 7) is 3.31. The minimum Gasteiger partial charge on any atom is -0.379 e. The van der Waals surface area contributed by atoms with Crippen LogP contribution in [0.2, 0.25) is 0 Å². The molecule has 18 heavy (non-hydrogen) atoms. The van der Waals surface area contributed by atoms with Crippen molar-refractivity contribution in [1.82, 2.24) is 20.6 Å². The molecule has 2 rings (SSSR count). The molecule has 0 saturated carbocycles. The number of aromatic nitrogens is 2. The van der Waals surface area contributed by atoms with Crippen LogP contribution in [0.4, 0.5) is 0 Å². The number of rotatable bonds is 4. The average Bonchev–Trinajstić information content (AvgIpc) is 2.84. The summed E-state index contributed by atoms with van der Waals surface area (Å²) in [6.07, 6.45) is 1.69. The van der Waals surface area contributed by atoms with Gasteiger partial charge in [-0.1, -0.05) is 0 Å². The Hall–Kier alpha value is -1.53. The zero-order valence-electron chi connectivity index (χ0n) is 10.6. The highest BCUT2D eigenvalue weighted by molar-refractivity contribution is 5.79. The Labute approximate surface area is 106 Å². The lowest BCUT2D eigenvalue weighted by molar-refractivity contribution is -0.125. The number of nitrogens with zero attached hydrogens (tertiary/aromatic N) is 2. The van der Waals surface area contributed by atoms with Crippen molar-refractivity contribution in [3.63, 3.8) is 0 Å². The monoisotopic (exact) mass is 250 g/mol. The number of ether oxygens (including phenoxy) is 1. The molecule has 2 N–H and O–H groups in total. The van der Waals surface area contributed by atoms with Crippen molar-refractivity contribution in [3.05, 3.63) is 23.8 Å². The maximum absolute atomic E-state index is 12.0. The number of amides is 1. The molecule has 2 heterocycles. The fourth-order valence-electron chi connectivity index (χ4n) is 2.01. The molecule has 1 amide bonds. The molecular formula is C12H18N4O2. The van der Waals surface area contributed by atoms with Gasteiger partial charge in [0.2, 0.25) is 5.91 Å². The van der Waals surface area contributed by atoms with Crippen LogP contribution in [-0.4, -0.2) is 42.2 Å². The van der Waals surface area contributed by atoms with Gasteiger partial charge in [0.1, 0.15) is 5.82 Å². The summed E-state index contributed by atoms with van der Waals surface area (Å²) in [5.41, 5.74) is 0.816. The van der Waals surface area contributed by atoms with Gasteiger partial charge < -0.3 is 15.4 Å². The Balaban J connectivity index is 1.88. The largest absolute Gasteiger partial charge is 0.379 e. The van der Waals surface area contributed by atoms with Gasteiger partial charge in [0.05, 0.1) is 31.4 Å². The van der Waals surface area contributed by atoms with Crippen LogP contribution in [-0.2, 0) is 16.1 Å². The van der Waals surface area contributed by atoms with Crippen LogP contribution >= 0.6 is 0 Å². The molecular weight excluding hydrogens is 232 g/mol. The molecule has 1 aliphatic heterocycles. The Morgan fingerprint density at radius 3 is 3.11 bits per heavy atom. The fraction of sp³-hybridized carbons (Fsp3) is 0.583. The molecule has 98 valence electrons. The van der Waals surface area contributed by atoms with E-state index >= 15 is 0 Å². The van der Waals surface area contributed by atoms with Gasteiger partial charge in [0, 0.05) is 12.2 Å². The van der Waals surface area contributed by atoms with Crippen LogP contribution in [0.3, 0.4) is 0 Å². The van der Waals surface area contributed by atoms with Gasteiger partial charge >= 0.3 is 0 Å². The molecule has 1 fully saturated rings. The number of carbonyl (C=O) groups is 1. The van der Waals surface area contributed by atoms with Crippen LogP contribution in [0.15, 0.2) is 12.3 Å².